The molecule has 0 bridgehead atoms. The quantitative estimate of drug-likeness (QED) is 0.431. The van der Waals surface area contributed by atoms with Gasteiger partial charge in [-0.2, -0.15) is 0 Å². The maximum atomic E-state index is 13.1. The molecule has 0 heterocycles. The molecule has 0 saturated carbocycles. The number of fused-ring (bicyclic) bond motifs is 3. The molecule has 28 heavy (non-hydrogen) atoms. The lowest BCUT2D eigenvalue weighted by Crippen LogP contribution is -2.38. The summed E-state index contributed by atoms with van der Waals surface area (Å²) in [6, 6.07) is 4.75. The van der Waals surface area contributed by atoms with Crippen molar-refractivity contribution in [3.63, 3.8) is 0 Å². The molecule has 0 spiro atoms. The Bertz CT molecular complexity index is 1040. The second-order valence-electron chi connectivity index (χ2n) is 7.40. The van der Waals surface area contributed by atoms with Gasteiger partial charge in [0.1, 0.15) is 17.2 Å². The number of benzene rings is 2. The van der Waals surface area contributed by atoms with E-state index in [1.54, 1.807) is 19.1 Å². The van der Waals surface area contributed by atoms with Crippen LogP contribution in [0.25, 0.3) is 0 Å². The van der Waals surface area contributed by atoms with Crippen LogP contribution in [0.15, 0.2) is 18.2 Å². The van der Waals surface area contributed by atoms with Crippen LogP contribution in [0.3, 0.4) is 0 Å². The monoisotopic (exact) mass is 383 g/mol. The van der Waals surface area contributed by atoms with Crippen LogP contribution < -0.4 is 4.74 Å². The molecule has 2 aromatic carbocycles. The first-order valence-electron chi connectivity index (χ1n) is 9.06. The van der Waals surface area contributed by atoms with Crippen LogP contribution in [0.2, 0.25) is 0 Å². The highest BCUT2D eigenvalue weighted by molar-refractivity contribution is 6.32. The number of aliphatic hydroxyl groups excluding tert-OH is 1. The van der Waals surface area contributed by atoms with Crippen molar-refractivity contribution in [3.8, 4) is 17.2 Å². The zero-order chi connectivity index (χ0) is 20.4. The van der Waals surface area contributed by atoms with Gasteiger partial charge in [0, 0.05) is 29.5 Å². The van der Waals surface area contributed by atoms with Crippen LogP contribution in [0.4, 0.5) is 0 Å². The molecule has 7 nitrogen and oxygen atoms in total. The van der Waals surface area contributed by atoms with Crippen molar-refractivity contribution < 1.29 is 30.0 Å². The lowest BCUT2D eigenvalue weighted by atomic mass is 9.72. The summed E-state index contributed by atoms with van der Waals surface area (Å²) in [5.41, 5.74) is -1.11. The van der Waals surface area contributed by atoms with E-state index in [2.05, 4.69) is 0 Å². The van der Waals surface area contributed by atoms with E-state index in [9.17, 15) is 25.2 Å². The average Bonchev–Trinajstić information content (AvgIpc) is 2.67. The number of aliphatic hydroxyl groups is 2. The van der Waals surface area contributed by atoms with Gasteiger partial charge in [0.05, 0.1) is 41.2 Å². The van der Waals surface area contributed by atoms with E-state index in [-0.39, 0.29) is 51.9 Å². The van der Waals surface area contributed by atoms with Crippen molar-refractivity contribution >= 4 is 11.5 Å². The second-order valence-corrected chi connectivity index (χ2v) is 7.40. The first kappa shape index (κ1) is 18.5. The Morgan fingerprint density at radius 2 is 1.93 bits per heavy atom. The summed E-state index contributed by atoms with van der Waals surface area (Å²) in [5.74, 6) is -1.06. The van der Waals surface area contributed by atoms with E-state index in [0.29, 0.717) is 12.2 Å². The SMILES string of the molecule is CC[C@]1(O)Cc2c(O)c3c(c(O)c2[C@@H](O)C1)C(=N)c1c(OC)cccc1C3=O. The number of ether oxygens (including phenoxy) is 1. The van der Waals surface area contributed by atoms with E-state index in [1.807, 2.05) is 0 Å². The fraction of sp³-hybridized carbons (Fsp3) is 0.333. The molecule has 0 aliphatic heterocycles. The lowest BCUT2D eigenvalue weighted by Gasteiger charge is -2.37. The van der Waals surface area contributed by atoms with Crippen molar-refractivity contribution in [1.29, 1.82) is 5.41 Å². The number of hydrogen-bond donors (Lipinski definition) is 5. The Morgan fingerprint density at radius 3 is 2.57 bits per heavy atom. The van der Waals surface area contributed by atoms with E-state index in [1.165, 1.54) is 13.2 Å². The van der Waals surface area contributed by atoms with Crippen molar-refractivity contribution in [1.82, 2.24) is 0 Å². The van der Waals surface area contributed by atoms with Gasteiger partial charge in [-0.3, -0.25) is 10.2 Å². The normalized spacial score (nSPS) is 23.1. The molecular formula is C21H21NO6. The highest BCUT2D eigenvalue weighted by Crippen LogP contribution is 2.51. The van der Waals surface area contributed by atoms with E-state index in [0.717, 1.165) is 0 Å². The fourth-order valence-corrected chi connectivity index (χ4v) is 4.34. The fourth-order valence-electron chi connectivity index (χ4n) is 4.34. The molecule has 2 aliphatic carbocycles. The van der Waals surface area contributed by atoms with Gasteiger partial charge in [-0.15, -0.1) is 0 Å². The topological polar surface area (TPSA) is 131 Å². The predicted molar refractivity (Wildman–Crippen MR) is 101 cm³/mol. The van der Waals surface area contributed by atoms with Gasteiger partial charge in [0.15, 0.2) is 5.78 Å². The zero-order valence-corrected chi connectivity index (χ0v) is 15.5. The van der Waals surface area contributed by atoms with Gasteiger partial charge in [0.2, 0.25) is 0 Å². The molecule has 0 fully saturated rings. The first-order chi connectivity index (χ1) is 13.2. The number of carbonyl (C=O) groups is 1. The number of methoxy groups -OCH3 is 1. The molecule has 7 heteroatoms. The van der Waals surface area contributed by atoms with Gasteiger partial charge >= 0.3 is 0 Å². The zero-order valence-electron chi connectivity index (χ0n) is 15.5. The van der Waals surface area contributed by atoms with Gasteiger partial charge in [0.25, 0.3) is 0 Å². The number of nitrogens with one attached hydrogen (secondary N) is 1. The minimum absolute atomic E-state index is 0.00581. The summed E-state index contributed by atoms with van der Waals surface area (Å²) in [5, 5.41) is 51.6. The molecule has 2 atom stereocenters. The van der Waals surface area contributed by atoms with Crippen molar-refractivity contribution in [2.24, 2.45) is 0 Å². The standard InChI is InChI=1S/C21H21NO6/c1-3-21(27)7-10-13(11(23)8-21)20(26)15-16(19(10)25)18(24)9-5-4-6-12(28-2)14(9)17(15)22/h4-6,11,22-23,25-27H,3,7-8H2,1-2H3/t11-,21-/m0/s1. The van der Waals surface area contributed by atoms with Gasteiger partial charge < -0.3 is 25.2 Å². The van der Waals surface area contributed by atoms with Crippen LogP contribution in [0, 0.1) is 5.41 Å². The van der Waals surface area contributed by atoms with Crippen molar-refractivity contribution in [3.05, 3.63) is 51.6 Å². The Balaban J connectivity index is 2.04. The number of carbonyl (C=O) groups excluding carboxylic acids is 1. The molecule has 0 aromatic heterocycles. The molecule has 0 saturated heterocycles. The van der Waals surface area contributed by atoms with E-state index in [4.69, 9.17) is 10.1 Å². The number of aromatic hydroxyl groups is 2. The Kier molecular flexibility index (Phi) is 3.99. The molecule has 2 aromatic rings. The van der Waals surface area contributed by atoms with Crippen molar-refractivity contribution in [2.45, 2.75) is 37.9 Å². The largest absolute Gasteiger partial charge is 0.507 e. The molecule has 5 N–H and O–H groups in total. The number of hydrogen-bond acceptors (Lipinski definition) is 7. The van der Waals surface area contributed by atoms with Gasteiger partial charge in [-0.25, -0.2) is 0 Å². The summed E-state index contributed by atoms with van der Waals surface area (Å²) < 4.78 is 5.27. The summed E-state index contributed by atoms with van der Waals surface area (Å²) in [4.78, 5) is 13.1. The summed E-state index contributed by atoms with van der Waals surface area (Å²) in [6.45, 7) is 1.76. The summed E-state index contributed by atoms with van der Waals surface area (Å²) >= 11 is 0. The summed E-state index contributed by atoms with van der Waals surface area (Å²) in [6.07, 6.45) is -0.908. The Hall–Kier alpha value is -2.90. The van der Waals surface area contributed by atoms with Crippen LogP contribution in [0.5, 0.6) is 17.2 Å². The van der Waals surface area contributed by atoms with Crippen molar-refractivity contribution in [2.75, 3.05) is 7.11 Å². The molecule has 0 radical (unpaired) electrons. The third-order valence-corrected chi connectivity index (χ3v) is 5.88. The maximum absolute atomic E-state index is 13.1. The predicted octanol–water partition coefficient (Wildman–Crippen LogP) is 2.19. The van der Waals surface area contributed by atoms with Crippen LogP contribution in [-0.2, 0) is 6.42 Å². The average molecular weight is 383 g/mol. The van der Waals surface area contributed by atoms with Gasteiger partial charge in [-0.1, -0.05) is 19.1 Å². The van der Waals surface area contributed by atoms with Crippen LogP contribution in [0.1, 0.15) is 64.0 Å². The lowest BCUT2D eigenvalue weighted by molar-refractivity contribution is -0.0260. The molecule has 4 rings (SSSR count). The third kappa shape index (κ3) is 2.30. The van der Waals surface area contributed by atoms with Gasteiger partial charge in [-0.05, 0) is 12.5 Å². The number of ketones is 1. The van der Waals surface area contributed by atoms with Crippen LogP contribution >= 0.6 is 0 Å². The highest BCUT2D eigenvalue weighted by Gasteiger charge is 2.44. The van der Waals surface area contributed by atoms with Crippen LogP contribution in [-0.4, -0.2) is 44.6 Å². The minimum Gasteiger partial charge on any atom is -0.507 e. The molecular weight excluding hydrogens is 362 g/mol. The van der Waals surface area contributed by atoms with E-state index < -0.39 is 29.0 Å². The molecule has 0 unspecified atom stereocenters. The van der Waals surface area contributed by atoms with E-state index >= 15 is 0 Å². The molecule has 146 valence electrons. The Morgan fingerprint density at radius 1 is 1.21 bits per heavy atom. The number of phenols is 2. The highest BCUT2D eigenvalue weighted by atomic mass is 16.5. The minimum atomic E-state index is -1.25. The maximum Gasteiger partial charge on any atom is 0.198 e. The number of rotatable bonds is 2. The number of phenolic OH excluding ortho intramolecular Hbond substituents is 2. The smallest absolute Gasteiger partial charge is 0.198 e. The second kappa shape index (κ2) is 6.05. The third-order valence-electron chi connectivity index (χ3n) is 5.88. The summed E-state index contributed by atoms with van der Waals surface area (Å²) in [7, 11) is 1.42. The first-order valence-corrected chi connectivity index (χ1v) is 9.06. The molecule has 0 amide bonds. The molecule has 2 aliphatic rings. The Labute approximate surface area is 161 Å².